The van der Waals surface area contributed by atoms with Gasteiger partial charge in [0.15, 0.2) is 5.78 Å². The lowest BCUT2D eigenvalue weighted by molar-refractivity contribution is 0.102. The Labute approximate surface area is 106 Å². The summed E-state index contributed by atoms with van der Waals surface area (Å²) in [6.07, 6.45) is 2.91. The van der Waals surface area contributed by atoms with Crippen molar-refractivity contribution in [3.05, 3.63) is 35.4 Å². The largest absolute Gasteiger partial charge is 0.293 e. The molecule has 0 bridgehead atoms. The van der Waals surface area contributed by atoms with Crippen molar-refractivity contribution >= 4 is 16.6 Å². The van der Waals surface area contributed by atoms with E-state index in [2.05, 4.69) is 13.8 Å². The highest BCUT2D eigenvalue weighted by Crippen LogP contribution is 2.07. The number of rotatable bonds is 7. The van der Waals surface area contributed by atoms with Crippen molar-refractivity contribution < 1.29 is 9.00 Å². The molecule has 1 aromatic carbocycles. The minimum absolute atomic E-state index is 0.0120. The van der Waals surface area contributed by atoms with Crippen molar-refractivity contribution in [2.75, 3.05) is 11.5 Å². The summed E-state index contributed by atoms with van der Waals surface area (Å²) in [7, 11) is -1.01. The lowest BCUT2D eigenvalue weighted by Crippen LogP contribution is -2.13. The predicted octanol–water partition coefficient (Wildman–Crippen LogP) is 2.98. The van der Waals surface area contributed by atoms with Gasteiger partial charge in [-0.2, -0.15) is 0 Å². The van der Waals surface area contributed by atoms with Gasteiger partial charge in [-0.15, -0.1) is 0 Å². The maximum atomic E-state index is 11.8. The molecule has 0 saturated heterocycles. The second kappa shape index (κ2) is 7.38. The predicted molar refractivity (Wildman–Crippen MR) is 72.9 cm³/mol. The number of unbranched alkanes of at least 4 members (excludes halogenated alkanes) is 1. The normalized spacial score (nSPS) is 12.4. The van der Waals surface area contributed by atoms with Crippen LogP contribution in [0.15, 0.2) is 24.3 Å². The first-order valence-electron chi connectivity index (χ1n) is 6.14. The highest BCUT2D eigenvalue weighted by molar-refractivity contribution is 7.85. The highest BCUT2D eigenvalue weighted by Gasteiger charge is 2.09. The second-order valence-electron chi connectivity index (χ2n) is 4.12. The minimum Gasteiger partial charge on any atom is -0.293 e. The maximum absolute atomic E-state index is 11.8. The van der Waals surface area contributed by atoms with Gasteiger partial charge in [0.2, 0.25) is 0 Å². The Bertz CT molecular complexity index is 382. The van der Waals surface area contributed by atoms with Gasteiger partial charge in [0.25, 0.3) is 0 Å². The van der Waals surface area contributed by atoms with E-state index in [9.17, 15) is 9.00 Å². The summed E-state index contributed by atoms with van der Waals surface area (Å²) in [5.41, 5.74) is 1.89. The minimum atomic E-state index is -1.01. The Kier molecular flexibility index (Phi) is 6.12. The molecule has 0 amide bonds. The molecule has 0 N–H and O–H groups in total. The fourth-order valence-corrected chi connectivity index (χ4v) is 2.75. The summed E-state index contributed by atoms with van der Waals surface area (Å²) < 4.78 is 11.6. The van der Waals surface area contributed by atoms with Crippen molar-refractivity contribution in [2.45, 2.75) is 33.1 Å². The van der Waals surface area contributed by atoms with Crippen LogP contribution < -0.4 is 0 Å². The first-order valence-corrected chi connectivity index (χ1v) is 7.63. The van der Waals surface area contributed by atoms with E-state index in [-0.39, 0.29) is 11.5 Å². The first kappa shape index (κ1) is 14.1. The third-order valence-corrected chi connectivity index (χ3v) is 4.03. The van der Waals surface area contributed by atoms with Gasteiger partial charge in [0.05, 0.1) is 5.75 Å². The monoisotopic (exact) mass is 252 g/mol. The Balaban J connectivity index is 2.54. The van der Waals surface area contributed by atoms with Crippen LogP contribution in [0.2, 0.25) is 0 Å². The SMILES string of the molecule is CCCCS(=O)CC(=O)c1ccc(CC)cc1. The number of carbonyl (C=O) groups excluding carboxylic acids is 1. The Hall–Kier alpha value is -0.960. The summed E-state index contributed by atoms with van der Waals surface area (Å²) in [5.74, 6) is 0.780. The summed E-state index contributed by atoms with van der Waals surface area (Å²) in [6, 6.07) is 7.58. The Morgan fingerprint density at radius 1 is 1.18 bits per heavy atom. The Morgan fingerprint density at radius 2 is 1.82 bits per heavy atom. The molecule has 2 nitrogen and oxygen atoms in total. The van der Waals surface area contributed by atoms with Gasteiger partial charge in [-0.25, -0.2) is 0 Å². The number of aryl methyl sites for hydroxylation is 1. The molecule has 0 fully saturated rings. The summed E-state index contributed by atoms with van der Waals surface area (Å²) in [6.45, 7) is 4.14. The summed E-state index contributed by atoms with van der Waals surface area (Å²) >= 11 is 0. The fourth-order valence-electron chi connectivity index (χ4n) is 1.53. The molecule has 17 heavy (non-hydrogen) atoms. The summed E-state index contributed by atoms with van der Waals surface area (Å²) in [4.78, 5) is 11.8. The highest BCUT2D eigenvalue weighted by atomic mass is 32.2. The molecule has 0 radical (unpaired) electrons. The van der Waals surface area contributed by atoms with Crippen LogP contribution in [0.3, 0.4) is 0 Å². The fraction of sp³-hybridized carbons (Fsp3) is 0.500. The van der Waals surface area contributed by atoms with Crippen molar-refractivity contribution in [1.29, 1.82) is 0 Å². The van der Waals surface area contributed by atoms with Crippen LogP contribution >= 0.6 is 0 Å². The molecule has 3 heteroatoms. The van der Waals surface area contributed by atoms with E-state index >= 15 is 0 Å². The lowest BCUT2D eigenvalue weighted by atomic mass is 10.1. The van der Waals surface area contributed by atoms with Gasteiger partial charge < -0.3 is 0 Å². The molecular formula is C14H20O2S. The molecule has 0 aliphatic rings. The zero-order chi connectivity index (χ0) is 12.7. The lowest BCUT2D eigenvalue weighted by Gasteiger charge is -2.02. The number of Topliss-reactive ketones (excluding diaryl/α,β-unsaturated/α-hetero) is 1. The van der Waals surface area contributed by atoms with E-state index in [0.717, 1.165) is 19.3 Å². The number of hydrogen-bond acceptors (Lipinski definition) is 2. The number of ketones is 1. The number of hydrogen-bond donors (Lipinski definition) is 0. The van der Waals surface area contributed by atoms with Crippen molar-refractivity contribution in [2.24, 2.45) is 0 Å². The smallest absolute Gasteiger partial charge is 0.175 e. The number of carbonyl (C=O) groups is 1. The molecule has 1 rings (SSSR count). The molecular weight excluding hydrogens is 232 g/mol. The van der Waals surface area contributed by atoms with Crippen molar-refractivity contribution in [1.82, 2.24) is 0 Å². The topological polar surface area (TPSA) is 34.1 Å². The van der Waals surface area contributed by atoms with Gasteiger partial charge in [0.1, 0.15) is 0 Å². The molecule has 0 heterocycles. The van der Waals surface area contributed by atoms with Crippen LogP contribution in [0.5, 0.6) is 0 Å². The molecule has 0 aliphatic heterocycles. The van der Waals surface area contributed by atoms with Crippen LogP contribution in [0.1, 0.15) is 42.6 Å². The average molecular weight is 252 g/mol. The van der Waals surface area contributed by atoms with E-state index in [1.165, 1.54) is 5.56 Å². The van der Waals surface area contributed by atoms with Gasteiger partial charge >= 0.3 is 0 Å². The van der Waals surface area contributed by atoms with Crippen molar-refractivity contribution in [3.63, 3.8) is 0 Å². The molecule has 0 aliphatic carbocycles. The third kappa shape index (κ3) is 4.82. The second-order valence-corrected chi connectivity index (χ2v) is 5.69. The molecule has 1 atom stereocenters. The zero-order valence-corrected chi connectivity index (χ0v) is 11.4. The van der Waals surface area contributed by atoms with Crippen LogP contribution in [0.4, 0.5) is 0 Å². The van der Waals surface area contributed by atoms with Gasteiger partial charge in [-0.3, -0.25) is 9.00 Å². The first-order chi connectivity index (χ1) is 8.17. The molecule has 0 spiro atoms. The molecule has 1 aromatic rings. The van der Waals surface area contributed by atoms with E-state index in [4.69, 9.17) is 0 Å². The number of benzene rings is 1. The van der Waals surface area contributed by atoms with Crippen LogP contribution in [0, 0.1) is 0 Å². The van der Waals surface area contributed by atoms with Crippen LogP contribution in [-0.4, -0.2) is 21.5 Å². The maximum Gasteiger partial charge on any atom is 0.175 e. The standard InChI is InChI=1S/C14H20O2S/c1-3-5-10-17(16)11-14(15)13-8-6-12(4-2)7-9-13/h6-9H,3-5,10-11H2,1-2H3. The molecule has 94 valence electrons. The van der Waals surface area contributed by atoms with Crippen molar-refractivity contribution in [3.8, 4) is 0 Å². The van der Waals surface area contributed by atoms with Crippen LogP contribution in [0.25, 0.3) is 0 Å². The Morgan fingerprint density at radius 3 is 2.35 bits per heavy atom. The molecule has 0 aromatic heterocycles. The third-order valence-electron chi connectivity index (χ3n) is 2.70. The average Bonchev–Trinajstić information content (AvgIpc) is 2.36. The zero-order valence-electron chi connectivity index (χ0n) is 10.6. The summed E-state index contributed by atoms with van der Waals surface area (Å²) in [5, 5.41) is 0. The van der Waals surface area contributed by atoms with Gasteiger partial charge in [-0.1, -0.05) is 44.5 Å². The van der Waals surface area contributed by atoms with Crippen LogP contribution in [-0.2, 0) is 17.2 Å². The van der Waals surface area contributed by atoms with E-state index in [1.807, 2.05) is 24.3 Å². The van der Waals surface area contributed by atoms with E-state index < -0.39 is 10.8 Å². The molecule has 1 unspecified atom stereocenters. The van der Waals surface area contributed by atoms with Gasteiger partial charge in [-0.05, 0) is 18.4 Å². The quantitative estimate of drug-likeness (QED) is 0.699. The van der Waals surface area contributed by atoms with Gasteiger partial charge in [0, 0.05) is 22.1 Å². The van der Waals surface area contributed by atoms with E-state index in [0.29, 0.717) is 11.3 Å². The molecule has 0 saturated carbocycles. The van der Waals surface area contributed by atoms with E-state index in [1.54, 1.807) is 0 Å².